The van der Waals surface area contributed by atoms with E-state index in [1.807, 2.05) is 31.2 Å². The van der Waals surface area contributed by atoms with E-state index in [1.54, 1.807) is 0 Å². The molecule has 1 unspecified atom stereocenters. The third-order valence-corrected chi connectivity index (χ3v) is 5.47. The van der Waals surface area contributed by atoms with Crippen molar-refractivity contribution in [2.75, 3.05) is 38.6 Å². The fourth-order valence-corrected chi connectivity index (χ4v) is 3.79. The second-order valence-corrected chi connectivity index (χ2v) is 7.62. The average Bonchev–Trinajstić information content (AvgIpc) is 2.69. The minimum Gasteiger partial charge on any atom is -0.378 e. The molecule has 3 rings (SSSR count). The number of likely N-dealkylation sites (tertiary alicyclic amines) is 1. The van der Waals surface area contributed by atoms with Crippen molar-refractivity contribution < 1.29 is 4.79 Å². The van der Waals surface area contributed by atoms with Crippen molar-refractivity contribution in [1.29, 1.82) is 0 Å². The van der Waals surface area contributed by atoms with Crippen LogP contribution in [0.4, 0.5) is 5.69 Å². The quantitative estimate of drug-likeness (QED) is 0.840. The van der Waals surface area contributed by atoms with Gasteiger partial charge < -0.3 is 10.2 Å². The Bertz CT molecular complexity index is 748. The molecule has 1 aliphatic rings. The van der Waals surface area contributed by atoms with Gasteiger partial charge in [-0.3, -0.25) is 9.69 Å². The molecule has 1 amide bonds. The van der Waals surface area contributed by atoms with Crippen molar-refractivity contribution in [3.63, 3.8) is 0 Å². The van der Waals surface area contributed by atoms with Gasteiger partial charge in [0.25, 0.3) is 5.91 Å². The SMILES string of the molecule is Cc1ccccc1C(=O)NCC(c1ccc(N(C)C)cc1)N1CCCCC1. The number of benzene rings is 2. The highest BCUT2D eigenvalue weighted by molar-refractivity contribution is 5.95. The molecule has 0 aromatic heterocycles. The molecule has 1 fully saturated rings. The molecule has 0 bridgehead atoms. The Morgan fingerprint density at radius 3 is 2.33 bits per heavy atom. The molecular formula is C23H31N3O. The normalized spacial score (nSPS) is 16.0. The number of nitrogens with one attached hydrogen (secondary N) is 1. The van der Waals surface area contributed by atoms with Crippen LogP contribution in [-0.2, 0) is 0 Å². The molecular weight excluding hydrogens is 334 g/mol. The van der Waals surface area contributed by atoms with E-state index in [9.17, 15) is 4.79 Å². The number of amides is 1. The molecule has 0 radical (unpaired) electrons. The predicted molar refractivity (Wildman–Crippen MR) is 112 cm³/mol. The molecule has 0 saturated carbocycles. The van der Waals surface area contributed by atoms with E-state index in [-0.39, 0.29) is 11.9 Å². The Morgan fingerprint density at radius 1 is 1.04 bits per heavy atom. The molecule has 1 heterocycles. The van der Waals surface area contributed by atoms with Crippen LogP contribution in [0, 0.1) is 6.92 Å². The second kappa shape index (κ2) is 9.05. The highest BCUT2D eigenvalue weighted by atomic mass is 16.1. The van der Waals surface area contributed by atoms with Crippen molar-refractivity contribution in [1.82, 2.24) is 10.2 Å². The van der Waals surface area contributed by atoms with Crippen LogP contribution in [0.3, 0.4) is 0 Å². The lowest BCUT2D eigenvalue weighted by Gasteiger charge is -2.35. The largest absolute Gasteiger partial charge is 0.378 e. The number of nitrogens with zero attached hydrogens (tertiary/aromatic N) is 2. The fraction of sp³-hybridized carbons (Fsp3) is 0.435. The second-order valence-electron chi connectivity index (χ2n) is 7.62. The monoisotopic (exact) mass is 365 g/mol. The molecule has 0 spiro atoms. The van der Waals surface area contributed by atoms with Crippen LogP contribution >= 0.6 is 0 Å². The highest BCUT2D eigenvalue weighted by Crippen LogP contribution is 2.26. The van der Waals surface area contributed by atoms with Gasteiger partial charge in [0.05, 0.1) is 6.04 Å². The Balaban J connectivity index is 1.75. The maximum absolute atomic E-state index is 12.7. The van der Waals surface area contributed by atoms with Crippen LogP contribution in [0.2, 0.25) is 0 Å². The summed E-state index contributed by atoms with van der Waals surface area (Å²) in [5.74, 6) is 0.0139. The van der Waals surface area contributed by atoms with Gasteiger partial charge in [0.15, 0.2) is 0 Å². The number of anilines is 1. The van der Waals surface area contributed by atoms with Gasteiger partial charge in [-0.15, -0.1) is 0 Å². The molecule has 4 nitrogen and oxygen atoms in total. The molecule has 27 heavy (non-hydrogen) atoms. The minimum absolute atomic E-state index is 0.0139. The van der Waals surface area contributed by atoms with Crippen LogP contribution in [0.25, 0.3) is 0 Å². The van der Waals surface area contributed by atoms with Crippen molar-refractivity contribution in [3.8, 4) is 0 Å². The number of hydrogen-bond donors (Lipinski definition) is 1. The Hall–Kier alpha value is -2.33. The maximum Gasteiger partial charge on any atom is 0.251 e. The number of carbonyl (C=O) groups excluding carboxylic acids is 1. The van der Waals surface area contributed by atoms with E-state index in [1.165, 1.54) is 30.5 Å². The van der Waals surface area contributed by atoms with E-state index < -0.39 is 0 Å². The molecule has 1 aliphatic heterocycles. The van der Waals surface area contributed by atoms with E-state index in [0.717, 1.165) is 24.2 Å². The summed E-state index contributed by atoms with van der Waals surface area (Å²) in [6.07, 6.45) is 3.77. The van der Waals surface area contributed by atoms with E-state index >= 15 is 0 Å². The Morgan fingerprint density at radius 2 is 1.70 bits per heavy atom. The summed E-state index contributed by atoms with van der Waals surface area (Å²) in [6.45, 7) is 4.81. The fourth-order valence-electron chi connectivity index (χ4n) is 3.79. The van der Waals surface area contributed by atoms with Crippen molar-refractivity contribution >= 4 is 11.6 Å². The molecule has 4 heteroatoms. The first kappa shape index (κ1) is 19.4. The Labute approximate surface area is 163 Å². The van der Waals surface area contributed by atoms with Crippen LogP contribution in [-0.4, -0.2) is 44.5 Å². The van der Waals surface area contributed by atoms with Gasteiger partial charge in [-0.25, -0.2) is 0 Å². The maximum atomic E-state index is 12.7. The van der Waals surface area contributed by atoms with Gasteiger partial charge in [-0.2, -0.15) is 0 Å². The zero-order valence-electron chi connectivity index (χ0n) is 16.7. The van der Waals surface area contributed by atoms with Crippen LogP contribution < -0.4 is 10.2 Å². The average molecular weight is 366 g/mol. The lowest BCUT2D eigenvalue weighted by molar-refractivity contribution is 0.0924. The van der Waals surface area contributed by atoms with Gasteiger partial charge in [-0.1, -0.05) is 36.8 Å². The minimum atomic E-state index is 0.0139. The lowest BCUT2D eigenvalue weighted by atomic mass is 10.0. The van der Waals surface area contributed by atoms with Crippen molar-refractivity contribution in [2.24, 2.45) is 0 Å². The van der Waals surface area contributed by atoms with Crippen LogP contribution in [0.1, 0.15) is 46.8 Å². The number of carbonyl (C=O) groups is 1. The molecule has 0 aliphatic carbocycles. The first-order valence-electron chi connectivity index (χ1n) is 9.91. The lowest BCUT2D eigenvalue weighted by Crippen LogP contribution is -2.40. The van der Waals surface area contributed by atoms with Gasteiger partial charge in [0, 0.05) is 31.9 Å². The van der Waals surface area contributed by atoms with Gasteiger partial charge in [0.1, 0.15) is 0 Å². The summed E-state index contributed by atoms with van der Waals surface area (Å²) in [6, 6.07) is 16.7. The zero-order valence-corrected chi connectivity index (χ0v) is 16.7. The van der Waals surface area contributed by atoms with E-state index in [2.05, 4.69) is 53.5 Å². The van der Waals surface area contributed by atoms with Crippen molar-refractivity contribution in [3.05, 3.63) is 65.2 Å². The zero-order chi connectivity index (χ0) is 19.2. The van der Waals surface area contributed by atoms with Gasteiger partial charge in [-0.05, 0) is 62.2 Å². The topological polar surface area (TPSA) is 35.6 Å². The summed E-state index contributed by atoms with van der Waals surface area (Å²) in [5.41, 5.74) is 4.24. The smallest absolute Gasteiger partial charge is 0.251 e. The summed E-state index contributed by atoms with van der Waals surface area (Å²) in [7, 11) is 4.11. The summed E-state index contributed by atoms with van der Waals surface area (Å²) >= 11 is 0. The third-order valence-electron chi connectivity index (χ3n) is 5.47. The highest BCUT2D eigenvalue weighted by Gasteiger charge is 2.23. The van der Waals surface area contributed by atoms with Crippen LogP contribution in [0.5, 0.6) is 0 Å². The predicted octanol–water partition coefficient (Wildman–Crippen LogP) is 4.02. The molecule has 2 aromatic rings. The number of hydrogen-bond acceptors (Lipinski definition) is 3. The first-order valence-corrected chi connectivity index (χ1v) is 9.91. The summed E-state index contributed by atoms with van der Waals surface area (Å²) in [4.78, 5) is 17.3. The molecule has 2 aromatic carbocycles. The molecule has 1 atom stereocenters. The standard InChI is InChI=1S/C23H31N3O/c1-18-9-5-6-10-21(18)23(27)24-17-22(26-15-7-4-8-16-26)19-11-13-20(14-12-19)25(2)3/h5-6,9-14,22H,4,7-8,15-17H2,1-3H3,(H,24,27). The summed E-state index contributed by atoms with van der Waals surface area (Å²) in [5, 5.41) is 3.18. The number of rotatable bonds is 6. The summed E-state index contributed by atoms with van der Waals surface area (Å²) < 4.78 is 0. The molecule has 1 saturated heterocycles. The first-order chi connectivity index (χ1) is 13.1. The Kier molecular flexibility index (Phi) is 6.51. The van der Waals surface area contributed by atoms with Gasteiger partial charge >= 0.3 is 0 Å². The van der Waals surface area contributed by atoms with Gasteiger partial charge in [0.2, 0.25) is 0 Å². The molecule has 1 N–H and O–H groups in total. The van der Waals surface area contributed by atoms with E-state index in [4.69, 9.17) is 0 Å². The number of aryl methyl sites for hydroxylation is 1. The number of piperidine rings is 1. The van der Waals surface area contributed by atoms with Crippen molar-refractivity contribution in [2.45, 2.75) is 32.2 Å². The van der Waals surface area contributed by atoms with Crippen LogP contribution in [0.15, 0.2) is 48.5 Å². The molecule has 144 valence electrons. The third kappa shape index (κ3) is 4.89. The van der Waals surface area contributed by atoms with E-state index in [0.29, 0.717) is 6.54 Å².